The van der Waals surface area contributed by atoms with Gasteiger partial charge in [-0.15, -0.1) is 0 Å². The number of epoxide rings is 1. The number of allylic oxidation sites excluding steroid dienone is 1. The van der Waals surface area contributed by atoms with Gasteiger partial charge >= 0.3 is 11.9 Å². The van der Waals surface area contributed by atoms with Gasteiger partial charge in [-0.3, -0.25) is 4.79 Å². The summed E-state index contributed by atoms with van der Waals surface area (Å²) in [6, 6.07) is 1.81. The first-order valence-electron chi connectivity index (χ1n) is 11.8. The van der Waals surface area contributed by atoms with E-state index in [9.17, 15) is 14.4 Å². The molecule has 0 N–H and O–H groups in total. The fourth-order valence-corrected chi connectivity index (χ4v) is 8.49. The molecule has 4 fully saturated rings. The number of ketones is 1. The van der Waals surface area contributed by atoms with Crippen LogP contribution in [0.25, 0.3) is 0 Å². The summed E-state index contributed by atoms with van der Waals surface area (Å²) in [7, 11) is 0. The average Bonchev–Trinajstić information content (AvgIpc) is 3.33. The molecular formula is C26H30O7. The molecule has 1 aromatic rings. The quantitative estimate of drug-likeness (QED) is 0.469. The fourth-order valence-electron chi connectivity index (χ4n) is 8.49. The molecule has 176 valence electrons. The molecule has 0 bridgehead atoms. The minimum Gasteiger partial charge on any atom is -0.472 e. The topological polar surface area (TPSA) is 95.3 Å². The van der Waals surface area contributed by atoms with Crippen LogP contribution in [0.2, 0.25) is 0 Å². The number of hydrogen-bond acceptors (Lipinski definition) is 7. The molecule has 2 aliphatic carbocycles. The summed E-state index contributed by atoms with van der Waals surface area (Å²) in [6.07, 6.45) is 7.04. The molecular weight excluding hydrogens is 424 g/mol. The number of hydrogen-bond donors (Lipinski definition) is 0. The predicted octanol–water partition coefficient (Wildman–Crippen LogP) is 3.92. The van der Waals surface area contributed by atoms with Gasteiger partial charge in [0.1, 0.15) is 23.1 Å². The molecule has 33 heavy (non-hydrogen) atoms. The summed E-state index contributed by atoms with van der Waals surface area (Å²) in [5.41, 5.74) is -2.94. The highest BCUT2D eigenvalue weighted by atomic mass is 16.7. The first kappa shape index (κ1) is 21.1. The van der Waals surface area contributed by atoms with Gasteiger partial charge in [0.05, 0.1) is 17.9 Å². The number of furan rings is 1. The maximum atomic E-state index is 14.1. The molecule has 6 rings (SSSR count). The van der Waals surface area contributed by atoms with Crippen LogP contribution in [0.15, 0.2) is 35.2 Å². The van der Waals surface area contributed by atoms with Crippen molar-refractivity contribution in [2.75, 3.05) is 0 Å². The molecule has 0 amide bonds. The van der Waals surface area contributed by atoms with Gasteiger partial charge in [0.2, 0.25) is 0 Å². The van der Waals surface area contributed by atoms with Gasteiger partial charge < -0.3 is 18.6 Å². The second-order valence-corrected chi connectivity index (χ2v) is 11.7. The molecule has 0 aromatic carbocycles. The van der Waals surface area contributed by atoms with Crippen molar-refractivity contribution in [3.05, 3.63) is 36.3 Å². The lowest BCUT2D eigenvalue weighted by Crippen LogP contribution is -2.71. The van der Waals surface area contributed by atoms with Crippen molar-refractivity contribution in [3.8, 4) is 0 Å². The number of Topliss-reactive ketones (excluding diaryl/α,β-unsaturated/α-hetero) is 1. The zero-order valence-electron chi connectivity index (χ0n) is 19.7. The number of carbonyl (C=O) groups is 3. The van der Waals surface area contributed by atoms with Crippen molar-refractivity contribution < 1.29 is 33.0 Å². The highest BCUT2D eigenvalue weighted by Gasteiger charge is 2.88. The maximum absolute atomic E-state index is 14.1. The van der Waals surface area contributed by atoms with Gasteiger partial charge in [0, 0.05) is 29.4 Å². The predicted molar refractivity (Wildman–Crippen MR) is 115 cm³/mol. The molecule has 1 spiro atoms. The molecule has 3 aliphatic heterocycles. The lowest BCUT2D eigenvalue weighted by Gasteiger charge is -2.64. The second kappa shape index (κ2) is 5.98. The van der Waals surface area contributed by atoms with Crippen molar-refractivity contribution in [2.24, 2.45) is 28.1 Å². The van der Waals surface area contributed by atoms with Crippen LogP contribution in [-0.4, -0.2) is 35.0 Å². The number of fused-ring (bicyclic) bond motifs is 3. The summed E-state index contributed by atoms with van der Waals surface area (Å²) >= 11 is 0. The summed E-state index contributed by atoms with van der Waals surface area (Å²) in [5.74, 6) is -1.02. The van der Waals surface area contributed by atoms with Crippen LogP contribution >= 0.6 is 0 Å². The zero-order chi connectivity index (χ0) is 23.6. The fraction of sp³-hybridized carbons (Fsp3) is 0.654. The molecule has 2 saturated heterocycles. The van der Waals surface area contributed by atoms with Crippen molar-refractivity contribution >= 4 is 17.7 Å². The van der Waals surface area contributed by atoms with E-state index in [4.69, 9.17) is 18.6 Å². The third-order valence-electron chi connectivity index (χ3n) is 10.0. The standard InChI is InChI=1S/C26H30O7/c1-22(2)16-12-17(27)25(5)15(23(16,3)9-7-18(28)32-22)6-10-24(4)19(14-8-11-30-13-14)31-21(29)20-26(24,25)33-20/h7-9,11,13,15-16,19-20H,6,10,12H2,1-5H3/t15?,16?,19?,20-,23-,24?,25?,26-/m1/s1. The molecule has 7 nitrogen and oxygen atoms in total. The second-order valence-electron chi connectivity index (χ2n) is 11.7. The Morgan fingerprint density at radius 1 is 1.00 bits per heavy atom. The smallest absolute Gasteiger partial charge is 0.339 e. The van der Waals surface area contributed by atoms with Gasteiger partial charge in [-0.2, -0.15) is 0 Å². The molecule has 5 unspecified atom stereocenters. The lowest BCUT2D eigenvalue weighted by molar-refractivity contribution is -0.215. The van der Waals surface area contributed by atoms with E-state index in [1.165, 1.54) is 6.08 Å². The number of carbonyl (C=O) groups excluding carboxylic acids is 3. The van der Waals surface area contributed by atoms with E-state index in [2.05, 4.69) is 13.8 Å². The molecule has 1 aromatic heterocycles. The minimum atomic E-state index is -0.958. The Bertz CT molecular complexity index is 1100. The van der Waals surface area contributed by atoms with Crippen LogP contribution in [0, 0.1) is 28.1 Å². The van der Waals surface area contributed by atoms with Crippen molar-refractivity contribution in [3.63, 3.8) is 0 Å². The highest BCUT2D eigenvalue weighted by molar-refractivity contribution is 5.93. The molecule has 4 heterocycles. The van der Waals surface area contributed by atoms with Gasteiger partial charge in [0.25, 0.3) is 0 Å². The third kappa shape index (κ3) is 2.23. The van der Waals surface area contributed by atoms with Crippen molar-refractivity contribution in [2.45, 2.75) is 77.3 Å². The Morgan fingerprint density at radius 3 is 2.45 bits per heavy atom. The van der Waals surface area contributed by atoms with E-state index in [0.29, 0.717) is 6.42 Å². The number of esters is 2. The summed E-state index contributed by atoms with van der Waals surface area (Å²) in [5, 5.41) is 0. The van der Waals surface area contributed by atoms with E-state index in [1.807, 2.05) is 32.9 Å². The van der Waals surface area contributed by atoms with Crippen LogP contribution in [0.4, 0.5) is 0 Å². The van der Waals surface area contributed by atoms with Gasteiger partial charge in [-0.1, -0.05) is 19.9 Å². The van der Waals surface area contributed by atoms with Crippen LogP contribution in [-0.2, 0) is 28.6 Å². The molecule has 8 atom stereocenters. The first-order valence-corrected chi connectivity index (χ1v) is 11.8. The highest BCUT2D eigenvalue weighted by Crippen LogP contribution is 2.78. The van der Waals surface area contributed by atoms with Crippen LogP contribution in [0.5, 0.6) is 0 Å². The largest absolute Gasteiger partial charge is 0.472 e. The number of ether oxygens (including phenoxy) is 3. The van der Waals surface area contributed by atoms with Gasteiger partial charge in [-0.05, 0) is 51.0 Å². The maximum Gasteiger partial charge on any atom is 0.339 e. The Kier molecular flexibility index (Phi) is 3.83. The third-order valence-corrected chi connectivity index (χ3v) is 10.0. The van der Waals surface area contributed by atoms with Crippen molar-refractivity contribution in [1.82, 2.24) is 0 Å². The van der Waals surface area contributed by atoms with Crippen LogP contribution in [0.1, 0.15) is 65.5 Å². The Balaban J connectivity index is 1.53. The monoisotopic (exact) mass is 454 g/mol. The SMILES string of the molecule is CC1(C)OC(=O)C=C[C@@]2(C)C1CC(=O)C1(C)C2CCC2(C)C(c3ccoc3)OC(=O)[C@H]3O[C@]321. The van der Waals surface area contributed by atoms with E-state index < -0.39 is 45.6 Å². The Morgan fingerprint density at radius 2 is 1.76 bits per heavy atom. The van der Waals surface area contributed by atoms with E-state index >= 15 is 0 Å². The van der Waals surface area contributed by atoms with Crippen molar-refractivity contribution in [1.29, 1.82) is 0 Å². The molecule has 7 heteroatoms. The molecule has 2 saturated carbocycles. The Hall–Kier alpha value is -2.41. The normalized spacial score (nSPS) is 49.5. The Labute approximate surface area is 192 Å². The number of rotatable bonds is 1. The lowest BCUT2D eigenvalue weighted by atomic mass is 9.37. The van der Waals surface area contributed by atoms with E-state index in [0.717, 1.165) is 12.0 Å². The summed E-state index contributed by atoms with van der Waals surface area (Å²) in [4.78, 5) is 39.6. The zero-order valence-corrected chi connectivity index (χ0v) is 19.7. The average molecular weight is 455 g/mol. The first-order chi connectivity index (χ1) is 15.4. The summed E-state index contributed by atoms with van der Waals surface area (Å²) < 4.78 is 23.3. The number of cyclic esters (lactones) is 2. The van der Waals surface area contributed by atoms with E-state index in [1.54, 1.807) is 12.5 Å². The van der Waals surface area contributed by atoms with Crippen LogP contribution in [0.3, 0.4) is 0 Å². The van der Waals surface area contributed by atoms with Crippen LogP contribution < -0.4 is 0 Å². The van der Waals surface area contributed by atoms with Gasteiger partial charge in [0.15, 0.2) is 6.10 Å². The van der Waals surface area contributed by atoms with E-state index in [-0.39, 0.29) is 30.0 Å². The molecule has 0 radical (unpaired) electrons. The summed E-state index contributed by atoms with van der Waals surface area (Å²) in [6.45, 7) is 9.99. The minimum absolute atomic E-state index is 0.0727. The molecule has 5 aliphatic rings. The van der Waals surface area contributed by atoms with Gasteiger partial charge in [-0.25, -0.2) is 9.59 Å².